The van der Waals surface area contributed by atoms with Crippen LogP contribution in [0.25, 0.3) is 0 Å². The highest BCUT2D eigenvalue weighted by Crippen LogP contribution is 2.35. The molecule has 0 aromatic heterocycles. The fourth-order valence-corrected chi connectivity index (χ4v) is 4.29. The Morgan fingerprint density at radius 1 is 0.605 bits per heavy atom. The standard InChI is InChI=1S/C31H50O7/c1-25(2)30(35)37-21-19-17-15-13-11-9-7-5-3-4-6-8-10-12-14-16-18-20-22-38-31(36)26-23-27(32)29(34)28(33)24-26/h23-24,32-34H,1,3-22H2,2H3. The summed E-state index contributed by atoms with van der Waals surface area (Å²) in [5.74, 6) is -2.64. The van der Waals surface area contributed by atoms with Crippen molar-refractivity contribution in [1.29, 1.82) is 0 Å². The van der Waals surface area contributed by atoms with Crippen molar-refractivity contribution >= 4 is 11.9 Å². The quantitative estimate of drug-likeness (QED) is 0.0562. The first-order chi connectivity index (χ1) is 18.3. The number of aromatic hydroxyl groups is 3. The first-order valence-corrected chi connectivity index (χ1v) is 14.6. The van der Waals surface area contributed by atoms with Gasteiger partial charge in [0.1, 0.15) is 0 Å². The highest BCUT2D eigenvalue weighted by Gasteiger charge is 2.14. The molecule has 216 valence electrons. The van der Waals surface area contributed by atoms with Crippen LogP contribution in [0.2, 0.25) is 0 Å². The van der Waals surface area contributed by atoms with E-state index in [1.165, 1.54) is 83.5 Å². The number of carbonyl (C=O) groups is 2. The number of carbonyl (C=O) groups excluding carboxylic acids is 2. The van der Waals surface area contributed by atoms with Gasteiger partial charge in [-0.3, -0.25) is 0 Å². The van der Waals surface area contributed by atoms with Crippen molar-refractivity contribution < 1.29 is 34.4 Å². The molecule has 3 N–H and O–H groups in total. The number of phenolic OH excluding ortho intramolecular Hbond substituents is 3. The summed E-state index contributed by atoms with van der Waals surface area (Å²) in [5.41, 5.74) is 0.482. The van der Waals surface area contributed by atoms with E-state index in [1.54, 1.807) is 6.92 Å². The molecule has 0 fully saturated rings. The van der Waals surface area contributed by atoms with E-state index in [0.29, 0.717) is 18.8 Å². The molecule has 0 radical (unpaired) electrons. The Morgan fingerprint density at radius 2 is 0.921 bits per heavy atom. The molecule has 7 nitrogen and oxygen atoms in total. The minimum Gasteiger partial charge on any atom is -0.504 e. The first kappa shape index (κ1) is 33.3. The summed E-state index contributed by atoms with van der Waals surface area (Å²) in [7, 11) is 0. The molecule has 1 aromatic rings. The van der Waals surface area contributed by atoms with Gasteiger partial charge in [-0.25, -0.2) is 9.59 Å². The van der Waals surface area contributed by atoms with Gasteiger partial charge in [-0.1, -0.05) is 109 Å². The lowest BCUT2D eigenvalue weighted by Crippen LogP contribution is -2.06. The second-order valence-corrected chi connectivity index (χ2v) is 10.3. The fraction of sp³-hybridized carbons (Fsp3) is 0.677. The number of esters is 2. The molecule has 0 amide bonds. The number of rotatable bonds is 23. The van der Waals surface area contributed by atoms with Gasteiger partial charge < -0.3 is 24.8 Å². The van der Waals surface area contributed by atoms with Crippen LogP contribution in [0.15, 0.2) is 24.3 Å². The van der Waals surface area contributed by atoms with Gasteiger partial charge in [-0.05, 0) is 31.9 Å². The average molecular weight is 535 g/mol. The Bertz CT molecular complexity index is 795. The maximum Gasteiger partial charge on any atom is 0.338 e. The van der Waals surface area contributed by atoms with E-state index in [1.807, 2.05) is 0 Å². The van der Waals surface area contributed by atoms with E-state index in [-0.39, 0.29) is 11.5 Å². The molecule has 0 aliphatic carbocycles. The third kappa shape index (κ3) is 16.2. The predicted molar refractivity (Wildman–Crippen MR) is 151 cm³/mol. The third-order valence-corrected chi connectivity index (χ3v) is 6.66. The molecule has 0 spiro atoms. The number of unbranched alkanes of at least 4 members (excludes halogenated alkanes) is 17. The van der Waals surface area contributed by atoms with Gasteiger partial charge in [0.25, 0.3) is 0 Å². The molecule has 7 heteroatoms. The van der Waals surface area contributed by atoms with E-state index in [4.69, 9.17) is 9.47 Å². The van der Waals surface area contributed by atoms with Crippen molar-refractivity contribution in [1.82, 2.24) is 0 Å². The minimum absolute atomic E-state index is 0.0156. The van der Waals surface area contributed by atoms with Gasteiger partial charge in [-0.2, -0.15) is 0 Å². The highest BCUT2D eigenvalue weighted by atomic mass is 16.5. The highest BCUT2D eigenvalue weighted by molar-refractivity contribution is 5.91. The van der Waals surface area contributed by atoms with Gasteiger partial charge in [0, 0.05) is 5.57 Å². The number of phenols is 3. The molecule has 0 aliphatic rings. The van der Waals surface area contributed by atoms with Crippen molar-refractivity contribution in [2.75, 3.05) is 13.2 Å². The fourth-order valence-electron chi connectivity index (χ4n) is 4.29. The van der Waals surface area contributed by atoms with Gasteiger partial charge in [-0.15, -0.1) is 0 Å². The van der Waals surface area contributed by atoms with Crippen LogP contribution in [-0.2, 0) is 14.3 Å². The van der Waals surface area contributed by atoms with Crippen LogP contribution in [0.5, 0.6) is 17.2 Å². The molecule has 0 atom stereocenters. The van der Waals surface area contributed by atoms with Gasteiger partial charge in [0.15, 0.2) is 17.2 Å². The molecule has 0 aliphatic heterocycles. The number of ether oxygens (including phenoxy) is 2. The van der Waals surface area contributed by atoms with E-state index >= 15 is 0 Å². The van der Waals surface area contributed by atoms with E-state index in [0.717, 1.165) is 44.2 Å². The van der Waals surface area contributed by atoms with Crippen LogP contribution in [-0.4, -0.2) is 40.5 Å². The topological polar surface area (TPSA) is 113 Å². The lowest BCUT2D eigenvalue weighted by atomic mass is 10.0. The average Bonchev–Trinajstić information content (AvgIpc) is 2.89. The second-order valence-electron chi connectivity index (χ2n) is 10.3. The summed E-state index contributed by atoms with van der Waals surface area (Å²) in [6.07, 6.45) is 21.9. The maximum atomic E-state index is 12.0. The Morgan fingerprint density at radius 3 is 1.26 bits per heavy atom. The van der Waals surface area contributed by atoms with Crippen molar-refractivity contribution in [3.8, 4) is 17.2 Å². The van der Waals surface area contributed by atoms with Crippen molar-refractivity contribution in [2.24, 2.45) is 0 Å². The monoisotopic (exact) mass is 534 g/mol. The van der Waals surface area contributed by atoms with Gasteiger partial charge in [0.05, 0.1) is 18.8 Å². The summed E-state index contributed by atoms with van der Waals surface area (Å²) < 4.78 is 10.3. The molecule has 0 saturated carbocycles. The Labute approximate surface area is 229 Å². The van der Waals surface area contributed by atoms with Crippen LogP contribution in [0.1, 0.15) is 133 Å². The molecule has 38 heavy (non-hydrogen) atoms. The van der Waals surface area contributed by atoms with E-state index < -0.39 is 23.2 Å². The van der Waals surface area contributed by atoms with Crippen molar-refractivity contribution in [2.45, 2.75) is 122 Å². The molecule has 0 unspecified atom stereocenters. The first-order valence-electron chi connectivity index (χ1n) is 14.6. The van der Waals surface area contributed by atoms with Crippen molar-refractivity contribution in [3.05, 3.63) is 29.8 Å². The SMILES string of the molecule is C=C(C)C(=O)OCCCCCCCCCCCCCCCCCCCCOC(=O)c1cc(O)c(O)c(O)c1. The molecular formula is C31H50O7. The third-order valence-electron chi connectivity index (χ3n) is 6.66. The largest absolute Gasteiger partial charge is 0.504 e. The van der Waals surface area contributed by atoms with Crippen LogP contribution < -0.4 is 0 Å². The van der Waals surface area contributed by atoms with Crippen LogP contribution in [0.4, 0.5) is 0 Å². The zero-order chi connectivity index (χ0) is 28.0. The van der Waals surface area contributed by atoms with Gasteiger partial charge in [0.2, 0.25) is 0 Å². The molecule has 0 heterocycles. The Kier molecular flexibility index (Phi) is 18.6. The normalized spacial score (nSPS) is 10.9. The summed E-state index contributed by atoms with van der Waals surface area (Å²) in [4.78, 5) is 23.2. The summed E-state index contributed by atoms with van der Waals surface area (Å²) in [5, 5.41) is 28.3. The van der Waals surface area contributed by atoms with Crippen LogP contribution >= 0.6 is 0 Å². The summed E-state index contributed by atoms with van der Waals surface area (Å²) in [6.45, 7) is 6.06. The van der Waals surface area contributed by atoms with E-state index in [9.17, 15) is 24.9 Å². The van der Waals surface area contributed by atoms with Crippen molar-refractivity contribution in [3.63, 3.8) is 0 Å². The Hall–Kier alpha value is -2.70. The smallest absolute Gasteiger partial charge is 0.338 e. The zero-order valence-corrected chi connectivity index (χ0v) is 23.5. The summed E-state index contributed by atoms with van der Waals surface area (Å²) >= 11 is 0. The minimum atomic E-state index is -0.644. The zero-order valence-electron chi connectivity index (χ0n) is 23.5. The molecule has 0 saturated heterocycles. The summed E-state index contributed by atoms with van der Waals surface area (Å²) in [6, 6.07) is 2.16. The number of hydrogen-bond acceptors (Lipinski definition) is 7. The Balaban J connectivity index is 1.79. The lowest BCUT2D eigenvalue weighted by molar-refractivity contribution is -0.139. The number of benzene rings is 1. The maximum absolute atomic E-state index is 12.0. The molecule has 1 aromatic carbocycles. The van der Waals surface area contributed by atoms with Crippen LogP contribution in [0, 0.1) is 0 Å². The predicted octanol–water partition coefficient (Wildman–Crippen LogP) is 8.10. The van der Waals surface area contributed by atoms with E-state index in [2.05, 4.69) is 6.58 Å². The molecule has 0 bridgehead atoms. The molecule has 1 rings (SSSR count). The van der Waals surface area contributed by atoms with Gasteiger partial charge >= 0.3 is 11.9 Å². The van der Waals surface area contributed by atoms with Crippen LogP contribution in [0.3, 0.4) is 0 Å². The molecular weight excluding hydrogens is 484 g/mol. The number of hydrogen-bond donors (Lipinski definition) is 3. The lowest BCUT2D eigenvalue weighted by Gasteiger charge is -2.07. The second kappa shape index (κ2) is 21.3.